The fourth-order valence-electron chi connectivity index (χ4n) is 2.37. The summed E-state index contributed by atoms with van der Waals surface area (Å²) in [5.41, 5.74) is 10.3. The van der Waals surface area contributed by atoms with Crippen LogP contribution in [0, 0.1) is 0 Å². The van der Waals surface area contributed by atoms with E-state index in [2.05, 4.69) is 35.0 Å². The molecule has 0 amide bonds. The van der Waals surface area contributed by atoms with Gasteiger partial charge in [0.15, 0.2) is 0 Å². The molecule has 15 heavy (non-hydrogen) atoms. The minimum absolute atomic E-state index is 0.249. The van der Waals surface area contributed by atoms with Crippen molar-refractivity contribution in [1.82, 2.24) is 0 Å². The molecular formula is C13H18BrN. The molecule has 0 aliphatic heterocycles. The van der Waals surface area contributed by atoms with Crippen molar-refractivity contribution < 1.29 is 0 Å². The SMILES string of the molecule is CC(N)Cc1cc(Br)c2c(c1)CCCC2. The van der Waals surface area contributed by atoms with Crippen LogP contribution in [0.25, 0.3) is 0 Å². The van der Waals surface area contributed by atoms with Gasteiger partial charge in [-0.2, -0.15) is 0 Å². The first-order valence-corrected chi connectivity index (χ1v) is 6.52. The van der Waals surface area contributed by atoms with Crippen LogP contribution in [0.4, 0.5) is 0 Å². The van der Waals surface area contributed by atoms with Crippen molar-refractivity contribution in [3.05, 3.63) is 33.3 Å². The second-order valence-corrected chi connectivity index (χ2v) is 5.46. The van der Waals surface area contributed by atoms with E-state index in [0.717, 1.165) is 6.42 Å². The zero-order valence-corrected chi connectivity index (χ0v) is 10.8. The van der Waals surface area contributed by atoms with Crippen molar-refractivity contribution in [2.45, 2.75) is 45.1 Å². The zero-order valence-electron chi connectivity index (χ0n) is 9.22. The van der Waals surface area contributed by atoms with E-state index in [1.54, 1.807) is 0 Å². The van der Waals surface area contributed by atoms with Crippen LogP contribution in [0.15, 0.2) is 16.6 Å². The van der Waals surface area contributed by atoms with Crippen molar-refractivity contribution in [3.63, 3.8) is 0 Å². The van der Waals surface area contributed by atoms with Crippen molar-refractivity contribution in [2.75, 3.05) is 0 Å². The maximum absolute atomic E-state index is 5.84. The Balaban J connectivity index is 2.32. The molecule has 0 fully saturated rings. The number of hydrogen-bond donors (Lipinski definition) is 1. The maximum atomic E-state index is 5.84. The van der Waals surface area contributed by atoms with Gasteiger partial charge in [0.05, 0.1) is 0 Å². The van der Waals surface area contributed by atoms with E-state index >= 15 is 0 Å². The molecule has 2 rings (SSSR count). The Hall–Kier alpha value is -0.340. The molecule has 0 aromatic heterocycles. The molecule has 1 aliphatic rings. The lowest BCUT2D eigenvalue weighted by Crippen LogP contribution is -2.18. The van der Waals surface area contributed by atoms with E-state index in [4.69, 9.17) is 5.73 Å². The second kappa shape index (κ2) is 4.67. The number of benzene rings is 1. The summed E-state index contributed by atoms with van der Waals surface area (Å²) >= 11 is 3.68. The quantitative estimate of drug-likeness (QED) is 0.875. The number of hydrogen-bond acceptors (Lipinski definition) is 1. The second-order valence-electron chi connectivity index (χ2n) is 4.60. The Morgan fingerprint density at radius 1 is 1.33 bits per heavy atom. The summed E-state index contributed by atoms with van der Waals surface area (Å²) in [5.74, 6) is 0. The Morgan fingerprint density at radius 2 is 2.07 bits per heavy atom. The molecular weight excluding hydrogens is 250 g/mol. The van der Waals surface area contributed by atoms with Crippen molar-refractivity contribution in [2.24, 2.45) is 5.73 Å². The highest BCUT2D eigenvalue weighted by Crippen LogP contribution is 2.29. The van der Waals surface area contributed by atoms with Gasteiger partial charge in [0.2, 0.25) is 0 Å². The average Bonchev–Trinajstić information content (AvgIpc) is 2.16. The van der Waals surface area contributed by atoms with E-state index < -0.39 is 0 Å². The maximum Gasteiger partial charge on any atom is 0.0212 e. The molecule has 1 unspecified atom stereocenters. The molecule has 1 aliphatic carbocycles. The Kier molecular flexibility index (Phi) is 3.47. The van der Waals surface area contributed by atoms with Crippen LogP contribution in [-0.4, -0.2) is 6.04 Å². The van der Waals surface area contributed by atoms with E-state index in [9.17, 15) is 0 Å². The highest BCUT2D eigenvalue weighted by atomic mass is 79.9. The number of aryl methyl sites for hydroxylation is 1. The van der Waals surface area contributed by atoms with Crippen LogP contribution in [0.3, 0.4) is 0 Å². The molecule has 2 N–H and O–H groups in total. The van der Waals surface area contributed by atoms with Gasteiger partial charge in [0, 0.05) is 10.5 Å². The third kappa shape index (κ3) is 2.61. The highest BCUT2D eigenvalue weighted by Gasteiger charge is 2.13. The number of nitrogens with two attached hydrogens (primary N) is 1. The number of fused-ring (bicyclic) bond motifs is 1. The predicted octanol–water partition coefficient (Wildman–Crippen LogP) is 3.22. The summed E-state index contributed by atoms with van der Waals surface area (Å²) in [5, 5.41) is 0. The summed E-state index contributed by atoms with van der Waals surface area (Å²) in [6.45, 7) is 2.06. The lowest BCUT2D eigenvalue weighted by atomic mass is 9.89. The molecule has 0 saturated heterocycles. The molecule has 1 aromatic rings. The molecule has 0 bridgehead atoms. The monoisotopic (exact) mass is 267 g/mol. The highest BCUT2D eigenvalue weighted by molar-refractivity contribution is 9.10. The van der Waals surface area contributed by atoms with Crippen LogP contribution in [-0.2, 0) is 19.3 Å². The van der Waals surface area contributed by atoms with Gasteiger partial charge in [0.25, 0.3) is 0 Å². The van der Waals surface area contributed by atoms with Crippen LogP contribution in [0.2, 0.25) is 0 Å². The van der Waals surface area contributed by atoms with Crippen LogP contribution < -0.4 is 5.73 Å². The largest absolute Gasteiger partial charge is 0.328 e. The van der Waals surface area contributed by atoms with E-state index in [1.807, 2.05) is 0 Å². The third-order valence-electron chi connectivity index (χ3n) is 3.03. The first kappa shape index (κ1) is 11.2. The predicted molar refractivity (Wildman–Crippen MR) is 68.1 cm³/mol. The molecule has 2 heteroatoms. The number of rotatable bonds is 2. The number of halogens is 1. The molecule has 0 heterocycles. The minimum atomic E-state index is 0.249. The van der Waals surface area contributed by atoms with Gasteiger partial charge in [0.1, 0.15) is 0 Å². The molecule has 1 nitrogen and oxygen atoms in total. The minimum Gasteiger partial charge on any atom is -0.328 e. The first-order valence-electron chi connectivity index (χ1n) is 5.72. The van der Waals surface area contributed by atoms with Crippen molar-refractivity contribution in [1.29, 1.82) is 0 Å². The van der Waals surface area contributed by atoms with E-state index in [1.165, 1.54) is 46.8 Å². The van der Waals surface area contributed by atoms with Gasteiger partial charge in [-0.3, -0.25) is 0 Å². The summed E-state index contributed by atoms with van der Waals surface area (Å²) in [7, 11) is 0. The molecule has 0 spiro atoms. The van der Waals surface area contributed by atoms with Gasteiger partial charge < -0.3 is 5.73 Å². The smallest absolute Gasteiger partial charge is 0.0212 e. The van der Waals surface area contributed by atoms with Gasteiger partial charge >= 0.3 is 0 Å². The third-order valence-corrected chi connectivity index (χ3v) is 3.74. The fourth-order valence-corrected chi connectivity index (χ4v) is 3.11. The first-order chi connectivity index (χ1) is 7.16. The Bertz CT molecular complexity index is 358. The van der Waals surface area contributed by atoms with E-state index in [-0.39, 0.29) is 6.04 Å². The molecule has 82 valence electrons. The van der Waals surface area contributed by atoms with Crippen molar-refractivity contribution in [3.8, 4) is 0 Å². The van der Waals surface area contributed by atoms with Gasteiger partial charge in [-0.25, -0.2) is 0 Å². The Morgan fingerprint density at radius 3 is 2.80 bits per heavy atom. The molecule has 0 saturated carbocycles. The Labute approximate surface area is 100 Å². The summed E-state index contributed by atoms with van der Waals surface area (Å²) in [4.78, 5) is 0. The van der Waals surface area contributed by atoms with Gasteiger partial charge in [-0.15, -0.1) is 0 Å². The van der Waals surface area contributed by atoms with Crippen LogP contribution in [0.5, 0.6) is 0 Å². The van der Waals surface area contributed by atoms with Crippen LogP contribution >= 0.6 is 15.9 Å². The molecule has 1 atom stereocenters. The van der Waals surface area contributed by atoms with Gasteiger partial charge in [-0.05, 0) is 61.8 Å². The van der Waals surface area contributed by atoms with Crippen LogP contribution in [0.1, 0.15) is 36.5 Å². The van der Waals surface area contributed by atoms with Gasteiger partial charge in [-0.1, -0.05) is 22.0 Å². The van der Waals surface area contributed by atoms with E-state index in [0.29, 0.717) is 0 Å². The summed E-state index contributed by atoms with van der Waals surface area (Å²) < 4.78 is 1.29. The average molecular weight is 268 g/mol. The molecule has 0 radical (unpaired) electrons. The topological polar surface area (TPSA) is 26.0 Å². The fraction of sp³-hybridized carbons (Fsp3) is 0.538. The summed E-state index contributed by atoms with van der Waals surface area (Å²) in [6.07, 6.45) is 6.11. The lowest BCUT2D eigenvalue weighted by molar-refractivity contribution is 0.677. The summed E-state index contributed by atoms with van der Waals surface area (Å²) in [6, 6.07) is 4.84. The lowest BCUT2D eigenvalue weighted by Gasteiger charge is -2.19. The normalized spacial score (nSPS) is 17.3. The zero-order chi connectivity index (χ0) is 10.8. The van der Waals surface area contributed by atoms with Crippen molar-refractivity contribution >= 4 is 15.9 Å². The standard InChI is InChI=1S/C13H18BrN/c1-9(15)6-10-7-11-4-2-3-5-12(11)13(14)8-10/h7-9H,2-6,15H2,1H3. The molecule has 1 aromatic carbocycles.